The fourth-order valence-electron chi connectivity index (χ4n) is 2.31. The van der Waals surface area contributed by atoms with E-state index < -0.39 is 9.84 Å². The zero-order valence-corrected chi connectivity index (χ0v) is 12.2. The van der Waals surface area contributed by atoms with Gasteiger partial charge in [0.15, 0.2) is 15.8 Å². The minimum absolute atomic E-state index is 0.313. The van der Waals surface area contributed by atoms with E-state index in [1.807, 2.05) is 16.7 Å². The lowest BCUT2D eigenvalue weighted by Crippen LogP contribution is -2.43. The summed E-state index contributed by atoms with van der Waals surface area (Å²) in [5.74, 6) is 2.96. The molecule has 2 heterocycles. The molecule has 104 valence electrons. The van der Waals surface area contributed by atoms with Gasteiger partial charge in [-0.2, -0.15) is 11.8 Å². The van der Waals surface area contributed by atoms with E-state index in [2.05, 4.69) is 4.99 Å². The fraction of sp³-hybridized carbons (Fsp3) is 0.909. The van der Waals surface area contributed by atoms with Gasteiger partial charge in [0, 0.05) is 24.6 Å². The van der Waals surface area contributed by atoms with E-state index >= 15 is 0 Å². The van der Waals surface area contributed by atoms with Crippen LogP contribution in [0.4, 0.5) is 0 Å². The topological polar surface area (TPSA) is 75.8 Å². The molecule has 2 aliphatic rings. The van der Waals surface area contributed by atoms with Crippen molar-refractivity contribution in [1.82, 2.24) is 4.90 Å². The Morgan fingerprint density at radius 2 is 2.06 bits per heavy atom. The molecule has 2 rings (SSSR count). The Kier molecular flexibility index (Phi) is 4.77. The Bertz CT molecular complexity index is 403. The first kappa shape index (κ1) is 14.0. The van der Waals surface area contributed by atoms with Crippen LogP contribution < -0.4 is 5.73 Å². The van der Waals surface area contributed by atoms with Crippen LogP contribution in [0.1, 0.15) is 19.3 Å². The van der Waals surface area contributed by atoms with Crippen molar-refractivity contribution in [3.63, 3.8) is 0 Å². The normalized spacial score (nSPS) is 29.2. The van der Waals surface area contributed by atoms with E-state index in [1.165, 1.54) is 0 Å². The maximum atomic E-state index is 11.8. The summed E-state index contributed by atoms with van der Waals surface area (Å²) in [6.45, 7) is 2.16. The summed E-state index contributed by atoms with van der Waals surface area (Å²) in [5.41, 5.74) is 5.93. The highest BCUT2D eigenvalue weighted by atomic mass is 32.2. The lowest BCUT2D eigenvalue weighted by Gasteiger charge is -2.28. The molecule has 2 N–H and O–H groups in total. The highest BCUT2D eigenvalue weighted by Gasteiger charge is 2.28. The van der Waals surface area contributed by atoms with Crippen LogP contribution in [-0.2, 0) is 9.84 Å². The van der Waals surface area contributed by atoms with Gasteiger partial charge in [-0.15, -0.1) is 0 Å². The Hall–Kier alpha value is -0.430. The predicted molar refractivity (Wildman–Crippen MR) is 76.8 cm³/mol. The highest BCUT2D eigenvalue weighted by molar-refractivity contribution is 7.99. The number of aliphatic imine (C=N–C) groups is 1. The van der Waals surface area contributed by atoms with Crippen LogP contribution >= 0.6 is 11.8 Å². The summed E-state index contributed by atoms with van der Waals surface area (Å²) in [6.07, 6.45) is 2.51. The first-order valence-corrected chi connectivity index (χ1v) is 9.31. The number of thioether (sulfide) groups is 1. The fourth-order valence-corrected chi connectivity index (χ4v) is 4.98. The number of sulfone groups is 1. The zero-order chi connectivity index (χ0) is 13.0. The van der Waals surface area contributed by atoms with Gasteiger partial charge in [-0.05, 0) is 12.8 Å². The van der Waals surface area contributed by atoms with Gasteiger partial charge in [0.05, 0.1) is 17.5 Å². The average molecular weight is 291 g/mol. The van der Waals surface area contributed by atoms with Gasteiger partial charge in [-0.3, -0.25) is 4.99 Å². The molecule has 0 aromatic heterocycles. The summed E-state index contributed by atoms with van der Waals surface area (Å²) in [7, 11) is -2.94. The van der Waals surface area contributed by atoms with Crippen LogP contribution in [0.5, 0.6) is 0 Å². The molecule has 2 fully saturated rings. The van der Waals surface area contributed by atoms with Crippen molar-refractivity contribution in [3.8, 4) is 0 Å². The lowest BCUT2D eigenvalue weighted by molar-refractivity contribution is 0.454. The van der Waals surface area contributed by atoms with E-state index in [0.29, 0.717) is 18.3 Å². The summed E-state index contributed by atoms with van der Waals surface area (Å²) >= 11 is 1.91. The quantitative estimate of drug-likeness (QED) is 0.585. The first-order chi connectivity index (χ1) is 8.59. The molecule has 0 aromatic rings. The predicted octanol–water partition coefficient (Wildman–Crippen LogP) is 0.317. The number of nitrogens with zero attached hydrogens (tertiary/aromatic N) is 2. The van der Waals surface area contributed by atoms with Gasteiger partial charge in [-0.1, -0.05) is 6.42 Å². The van der Waals surface area contributed by atoms with Gasteiger partial charge in [-0.25, -0.2) is 8.42 Å². The molecule has 0 bridgehead atoms. The van der Waals surface area contributed by atoms with E-state index in [1.54, 1.807) is 0 Å². The summed E-state index contributed by atoms with van der Waals surface area (Å²) in [5, 5.41) is -0.316. The summed E-state index contributed by atoms with van der Waals surface area (Å²) < 4.78 is 23.7. The second-order valence-corrected chi connectivity index (χ2v) is 8.41. The second kappa shape index (κ2) is 6.14. The molecule has 0 amide bonds. The molecule has 5 nitrogen and oxygen atoms in total. The van der Waals surface area contributed by atoms with Crippen LogP contribution in [0.25, 0.3) is 0 Å². The van der Waals surface area contributed by atoms with Gasteiger partial charge in [0.1, 0.15) is 0 Å². The SMILES string of the molecule is NC(=NCC1CCCCS1(=O)=O)N1CCSCC1. The largest absolute Gasteiger partial charge is 0.370 e. The average Bonchev–Trinajstić information content (AvgIpc) is 2.38. The van der Waals surface area contributed by atoms with Crippen molar-refractivity contribution in [2.24, 2.45) is 10.7 Å². The minimum Gasteiger partial charge on any atom is -0.370 e. The van der Waals surface area contributed by atoms with Crippen molar-refractivity contribution < 1.29 is 8.42 Å². The molecule has 2 saturated heterocycles. The number of hydrogen-bond acceptors (Lipinski definition) is 4. The van der Waals surface area contributed by atoms with E-state index in [4.69, 9.17) is 5.73 Å². The van der Waals surface area contributed by atoms with Gasteiger partial charge >= 0.3 is 0 Å². The van der Waals surface area contributed by atoms with E-state index in [-0.39, 0.29) is 5.25 Å². The lowest BCUT2D eigenvalue weighted by atomic mass is 10.2. The molecule has 0 aliphatic carbocycles. The van der Waals surface area contributed by atoms with Crippen LogP contribution in [0.3, 0.4) is 0 Å². The Labute approximate surface area is 113 Å². The van der Waals surface area contributed by atoms with Crippen LogP contribution in [0, 0.1) is 0 Å². The highest BCUT2D eigenvalue weighted by Crippen LogP contribution is 2.19. The number of rotatable bonds is 2. The van der Waals surface area contributed by atoms with Crippen molar-refractivity contribution in [3.05, 3.63) is 0 Å². The smallest absolute Gasteiger partial charge is 0.191 e. The number of guanidine groups is 1. The molecule has 2 aliphatic heterocycles. The third-order valence-electron chi connectivity index (χ3n) is 3.50. The molecule has 0 radical (unpaired) electrons. The first-order valence-electron chi connectivity index (χ1n) is 6.44. The van der Waals surface area contributed by atoms with Crippen molar-refractivity contribution in [2.75, 3.05) is 36.9 Å². The van der Waals surface area contributed by atoms with Crippen molar-refractivity contribution in [1.29, 1.82) is 0 Å². The summed E-state index contributed by atoms with van der Waals surface area (Å²) in [4.78, 5) is 6.35. The Morgan fingerprint density at radius 1 is 1.33 bits per heavy atom. The van der Waals surface area contributed by atoms with E-state index in [9.17, 15) is 8.42 Å². The van der Waals surface area contributed by atoms with E-state index in [0.717, 1.165) is 43.9 Å². The third-order valence-corrected chi connectivity index (χ3v) is 6.71. The Morgan fingerprint density at radius 3 is 2.72 bits per heavy atom. The van der Waals surface area contributed by atoms with Crippen molar-refractivity contribution in [2.45, 2.75) is 24.5 Å². The molecule has 18 heavy (non-hydrogen) atoms. The second-order valence-electron chi connectivity index (χ2n) is 4.78. The summed E-state index contributed by atoms with van der Waals surface area (Å²) in [6, 6.07) is 0. The molecule has 0 saturated carbocycles. The minimum atomic E-state index is -2.94. The van der Waals surface area contributed by atoms with Crippen LogP contribution in [-0.4, -0.2) is 61.4 Å². The maximum Gasteiger partial charge on any atom is 0.191 e. The van der Waals surface area contributed by atoms with Gasteiger partial charge in [0.2, 0.25) is 0 Å². The Balaban J connectivity index is 1.92. The standard InChI is InChI=1S/C11H21N3O2S2/c12-11(14-4-6-17-7-5-14)13-9-10-3-1-2-8-18(10,15)16/h10H,1-9H2,(H2,12,13). The molecule has 1 atom stereocenters. The maximum absolute atomic E-state index is 11.8. The molecular weight excluding hydrogens is 270 g/mol. The van der Waals surface area contributed by atoms with Gasteiger partial charge < -0.3 is 10.6 Å². The zero-order valence-electron chi connectivity index (χ0n) is 10.5. The van der Waals surface area contributed by atoms with Crippen LogP contribution in [0.15, 0.2) is 4.99 Å². The van der Waals surface area contributed by atoms with Gasteiger partial charge in [0.25, 0.3) is 0 Å². The third kappa shape index (κ3) is 3.54. The molecule has 7 heteroatoms. The molecular formula is C11H21N3O2S2. The van der Waals surface area contributed by atoms with Crippen LogP contribution in [0.2, 0.25) is 0 Å². The number of nitrogens with two attached hydrogens (primary N) is 1. The van der Waals surface area contributed by atoms with Crippen molar-refractivity contribution >= 4 is 27.6 Å². The number of hydrogen-bond donors (Lipinski definition) is 1. The molecule has 0 spiro atoms. The monoisotopic (exact) mass is 291 g/mol. The molecule has 1 unspecified atom stereocenters. The molecule has 0 aromatic carbocycles.